The molecule has 0 atom stereocenters. The summed E-state index contributed by atoms with van der Waals surface area (Å²) >= 11 is 1.99. The highest BCUT2D eigenvalue weighted by Gasteiger charge is 2.18. The predicted octanol–water partition coefficient (Wildman–Crippen LogP) is 3.79. The van der Waals surface area contributed by atoms with E-state index in [9.17, 15) is 5.11 Å². The molecule has 0 bridgehead atoms. The van der Waals surface area contributed by atoms with Crippen LogP contribution in [0.2, 0.25) is 0 Å². The van der Waals surface area contributed by atoms with Crippen LogP contribution in [-0.4, -0.2) is 16.6 Å². The average molecular weight is 289 g/mol. The molecule has 0 aliphatic carbocycles. The van der Waals surface area contributed by atoms with Crippen LogP contribution < -0.4 is 5.55 Å². The number of aryl methyl sites for hydroxylation is 1. The van der Waals surface area contributed by atoms with Gasteiger partial charge in [-0.15, -0.1) is 0 Å². The summed E-state index contributed by atoms with van der Waals surface area (Å²) in [7, 11) is 0. The fraction of sp³-hybridized carbons (Fsp3) is 0.438. The molecule has 1 saturated heterocycles. The SMILES string of the molecule is CCc1cc2c(O)cc(C3CCSCC3)cc2oc1=N. The second-order valence-corrected chi connectivity index (χ2v) is 6.52. The van der Waals surface area contributed by atoms with E-state index in [1.807, 2.05) is 36.9 Å². The Morgan fingerprint density at radius 1 is 1.30 bits per heavy atom. The summed E-state index contributed by atoms with van der Waals surface area (Å²) in [6, 6.07) is 5.76. The largest absolute Gasteiger partial charge is 0.507 e. The van der Waals surface area contributed by atoms with Gasteiger partial charge in [0.25, 0.3) is 0 Å². The number of benzene rings is 1. The molecule has 4 heteroatoms. The molecule has 0 spiro atoms. The molecule has 2 aromatic rings. The van der Waals surface area contributed by atoms with Crippen LogP contribution in [0.15, 0.2) is 22.6 Å². The van der Waals surface area contributed by atoms with Crippen molar-refractivity contribution in [1.82, 2.24) is 0 Å². The van der Waals surface area contributed by atoms with E-state index in [2.05, 4.69) is 0 Å². The van der Waals surface area contributed by atoms with Gasteiger partial charge in [0.2, 0.25) is 5.55 Å². The third-order valence-corrected chi connectivity index (χ3v) is 5.09. The van der Waals surface area contributed by atoms with Crippen molar-refractivity contribution in [3.05, 3.63) is 34.9 Å². The number of nitrogens with one attached hydrogen (secondary N) is 1. The summed E-state index contributed by atoms with van der Waals surface area (Å²) in [4.78, 5) is 0. The Bertz CT molecular complexity index is 687. The maximum absolute atomic E-state index is 10.3. The zero-order valence-electron chi connectivity index (χ0n) is 11.6. The number of rotatable bonds is 2. The summed E-state index contributed by atoms with van der Waals surface area (Å²) in [6.07, 6.45) is 3.03. The Hall–Kier alpha value is -1.42. The van der Waals surface area contributed by atoms with Crippen LogP contribution in [0.4, 0.5) is 0 Å². The van der Waals surface area contributed by atoms with Crippen LogP contribution in [0.3, 0.4) is 0 Å². The summed E-state index contributed by atoms with van der Waals surface area (Å²) in [5.74, 6) is 3.13. The number of hydrogen-bond donors (Lipinski definition) is 2. The number of fused-ring (bicyclic) bond motifs is 1. The van der Waals surface area contributed by atoms with Gasteiger partial charge in [-0.3, -0.25) is 5.41 Å². The van der Waals surface area contributed by atoms with Gasteiger partial charge in [0.15, 0.2) is 0 Å². The molecule has 2 N–H and O–H groups in total. The zero-order chi connectivity index (χ0) is 14.1. The molecule has 0 unspecified atom stereocenters. The normalized spacial score (nSPS) is 16.6. The van der Waals surface area contributed by atoms with Crippen molar-refractivity contribution < 1.29 is 9.52 Å². The molecular weight excluding hydrogens is 270 g/mol. The van der Waals surface area contributed by atoms with E-state index >= 15 is 0 Å². The van der Waals surface area contributed by atoms with Crippen molar-refractivity contribution in [2.45, 2.75) is 32.1 Å². The smallest absolute Gasteiger partial charge is 0.215 e. The Kier molecular flexibility index (Phi) is 3.74. The minimum absolute atomic E-state index is 0.204. The van der Waals surface area contributed by atoms with E-state index < -0.39 is 0 Å². The number of hydrogen-bond acceptors (Lipinski definition) is 4. The van der Waals surface area contributed by atoms with Crippen molar-refractivity contribution in [2.24, 2.45) is 0 Å². The first-order chi connectivity index (χ1) is 9.69. The summed E-state index contributed by atoms with van der Waals surface area (Å²) in [5, 5.41) is 18.9. The molecule has 2 heterocycles. The van der Waals surface area contributed by atoms with Crippen LogP contribution in [0.5, 0.6) is 5.75 Å². The van der Waals surface area contributed by atoms with E-state index in [0.29, 0.717) is 16.9 Å². The van der Waals surface area contributed by atoms with Crippen LogP contribution >= 0.6 is 11.8 Å². The van der Waals surface area contributed by atoms with E-state index in [1.54, 1.807) is 0 Å². The molecule has 1 aromatic carbocycles. The second kappa shape index (κ2) is 5.52. The molecule has 3 nitrogen and oxygen atoms in total. The van der Waals surface area contributed by atoms with Crippen molar-refractivity contribution in [1.29, 1.82) is 5.41 Å². The maximum atomic E-state index is 10.3. The van der Waals surface area contributed by atoms with Crippen molar-refractivity contribution in [3.8, 4) is 5.75 Å². The quantitative estimate of drug-likeness (QED) is 0.884. The summed E-state index contributed by atoms with van der Waals surface area (Å²) in [5.41, 5.74) is 2.80. The molecule has 106 valence electrons. The van der Waals surface area contributed by atoms with Gasteiger partial charge in [-0.2, -0.15) is 11.8 Å². The topological polar surface area (TPSA) is 57.2 Å². The van der Waals surface area contributed by atoms with Gasteiger partial charge in [0, 0.05) is 5.56 Å². The number of phenols is 1. The predicted molar refractivity (Wildman–Crippen MR) is 82.4 cm³/mol. The number of phenolic OH excluding ortho intramolecular Hbond substituents is 1. The molecule has 0 radical (unpaired) electrons. The van der Waals surface area contributed by atoms with Gasteiger partial charge in [-0.05, 0) is 60.4 Å². The highest BCUT2D eigenvalue weighted by atomic mass is 32.2. The van der Waals surface area contributed by atoms with E-state index in [4.69, 9.17) is 9.83 Å². The van der Waals surface area contributed by atoms with Crippen LogP contribution in [0, 0.1) is 5.41 Å². The van der Waals surface area contributed by atoms with Gasteiger partial charge in [-0.1, -0.05) is 6.92 Å². The zero-order valence-corrected chi connectivity index (χ0v) is 12.4. The first kappa shape index (κ1) is 13.6. The third kappa shape index (κ3) is 2.44. The van der Waals surface area contributed by atoms with Gasteiger partial charge in [0.1, 0.15) is 11.3 Å². The highest BCUT2D eigenvalue weighted by Crippen LogP contribution is 2.36. The fourth-order valence-corrected chi connectivity index (χ4v) is 3.91. The first-order valence-corrected chi connectivity index (χ1v) is 8.26. The minimum Gasteiger partial charge on any atom is -0.507 e. The average Bonchev–Trinajstić information content (AvgIpc) is 2.47. The van der Waals surface area contributed by atoms with Crippen LogP contribution in [0.1, 0.15) is 36.8 Å². The fourth-order valence-electron chi connectivity index (χ4n) is 2.81. The highest BCUT2D eigenvalue weighted by molar-refractivity contribution is 7.99. The molecule has 20 heavy (non-hydrogen) atoms. The molecule has 1 fully saturated rings. The van der Waals surface area contributed by atoms with Crippen molar-refractivity contribution >= 4 is 22.7 Å². The standard InChI is InChI=1S/C16H19NO2S/c1-2-10-7-13-14(18)8-12(9-15(13)19-16(10)17)11-3-5-20-6-4-11/h7-9,11,17-18H,2-6H2,1H3. The second-order valence-electron chi connectivity index (χ2n) is 5.29. The molecule has 0 saturated carbocycles. The van der Waals surface area contributed by atoms with Crippen molar-refractivity contribution in [2.75, 3.05) is 11.5 Å². The molecule has 0 amide bonds. The number of aromatic hydroxyl groups is 1. The lowest BCUT2D eigenvalue weighted by Crippen LogP contribution is -2.09. The molecule has 1 aromatic heterocycles. The molecule has 1 aliphatic rings. The maximum Gasteiger partial charge on any atom is 0.215 e. The van der Waals surface area contributed by atoms with Crippen LogP contribution in [0.25, 0.3) is 11.0 Å². The lowest BCUT2D eigenvalue weighted by atomic mass is 9.92. The molecule has 1 aliphatic heterocycles. The lowest BCUT2D eigenvalue weighted by Gasteiger charge is -2.22. The number of thioether (sulfide) groups is 1. The van der Waals surface area contributed by atoms with Gasteiger partial charge >= 0.3 is 0 Å². The molecule has 3 rings (SSSR count). The Morgan fingerprint density at radius 2 is 2.05 bits per heavy atom. The molecular formula is C16H19NO2S. The Labute approximate surface area is 122 Å². The van der Waals surface area contributed by atoms with E-state index in [-0.39, 0.29) is 11.3 Å². The first-order valence-electron chi connectivity index (χ1n) is 7.11. The van der Waals surface area contributed by atoms with Crippen LogP contribution in [-0.2, 0) is 6.42 Å². The Balaban J connectivity index is 2.11. The van der Waals surface area contributed by atoms with Crippen molar-refractivity contribution in [3.63, 3.8) is 0 Å². The van der Waals surface area contributed by atoms with E-state index in [1.165, 1.54) is 11.5 Å². The monoisotopic (exact) mass is 289 g/mol. The third-order valence-electron chi connectivity index (χ3n) is 4.04. The van der Waals surface area contributed by atoms with Gasteiger partial charge < -0.3 is 9.52 Å². The van der Waals surface area contributed by atoms with Gasteiger partial charge in [-0.25, -0.2) is 0 Å². The lowest BCUT2D eigenvalue weighted by molar-refractivity contribution is 0.474. The summed E-state index contributed by atoms with van der Waals surface area (Å²) < 4.78 is 5.60. The minimum atomic E-state index is 0.204. The van der Waals surface area contributed by atoms with E-state index in [0.717, 1.165) is 30.4 Å². The summed E-state index contributed by atoms with van der Waals surface area (Å²) in [6.45, 7) is 1.99. The Morgan fingerprint density at radius 3 is 2.75 bits per heavy atom. The van der Waals surface area contributed by atoms with Gasteiger partial charge in [0.05, 0.1) is 5.39 Å².